The molecule has 1 heterocycles. The quantitative estimate of drug-likeness (QED) is 0.661. The number of hydrogen-bond donors (Lipinski definition) is 2. The van der Waals surface area contributed by atoms with Gasteiger partial charge in [0.1, 0.15) is 0 Å². The zero-order valence-corrected chi connectivity index (χ0v) is 13.1. The minimum Gasteiger partial charge on any atom is -0.468 e. The predicted molar refractivity (Wildman–Crippen MR) is 78.9 cm³/mol. The van der Waals surface area contributed by atoms with E-state index < -0.39 is 12.8 Å². The topological polar surface area (TPSA) is 58.5 Å². The number of alkyl halides is 3. The number of ether oxygens (including phenoxy) is 1. The first-order chi connectivity index (χ1) is 10.1. The third kappa shape index (κ3) is 7.70. The van der Waals surface area contributed by atoms with Crippen LogP contribution in [0, 0.1) is 0 Å². The van der Waals surface area contributed by atoms with Gasteiger partial charge in [-0.3, -0.25) is 4.99 Å². The van der Waals surface area contributed by atoms with E-state index in [1.54, 1.807) is 13.1 Å². The van der Waals surface area contributed by atoms with Gasteiger partial charge in [0.25, 0.3) is 0 Å². The van der Waals surface area contributed by atoms with Gasteiger partial charge in [0, 0.05) is 31.4 Å². The highest BCUT2D eigenvalue weighted by Crippen LogP contribution is 2.16. The third-order valence-electron chi connectivity index (χ3n) is 2.36. The molecule has 0 spiro atoms. The maximum atomic E-state index is 12.0. The van der Waals surface area contributed by atoms with Gasteiger partial charge in [0.2, 0.25) is 5.88 Å². The average Bonchev–Trinajstić information content (AvgIpc) is 2.40. The number of aromatic nitrogens is 1. The van der Waals surface area contributed by atoms with E-state index in [4.69, 9.17) is 0 Å². The number of rotatable bonds is 4. The fourth-order valence-electron chi connectivity index (χ4n) is 1.48. The van der Waals surface area contributed by atoms with Crippen LogP contribution in [-0.2, 0) is 6.54 Å². The summed E-state index contributed by atoms with van der Waals surface area (Å²) in [6.45, 7) is 5.12. The predicted octanol–water partition coefficient (Wildman–Crippen LogP) is 2.49. The fourth-order valence-corrected chi connectivity index (χ4v) is 1.48. The molecule has 0 bridgehead atoms. The lowest BCUT2D eigenvalue weighted by molar-refractivity contribution is -0.154. The van der Waals surface area contributed by atoms with Crippen molar-refractivity contribution in [2.24, 2.45) is 4.99 Å². The van der Waals surface area contributed by atoms with Crippen molar-refractivity contribution >= 4 is 5.96 Å². The summed E-state index contributed by atoms with van der Waals surface area (Å²) in [6, 6.07) is 3.05. The minimum atomic E-state index is -4.37. The molecule has 22 heavy (non-hydrogen) atoms. The smallest absolute Gasteiger partial charge is 0.422 e. The normalized spacial score (nSPS) is 13.0. The Morgan fingerprint density at radius 1 is 1.27 bits per heavy atom. The van der Waals surface area contributed by atoms with Crippen molar-refractivity contribution in [1.29, 1.82) is 0 Å². The first-order valence-corrected chi connectivity index (χ1v) is 6.72. The van der Waals surface area contributed by atoms with E-state index in [-0.39, 0.29) is 11.4 Å². The Morgan fingerprint density at radius 3 is 2.41 bits per heavy atom. The summed E-state index contributed by atoms with van der Waals surface area (Å²) >= 11 is 0. The maximum absolute atomic E-state index is 12.0. The van der Waals surface area contributed by atoms with E-state index in [1.807, 2.05) is 20.8 Å². The molecule has 8 heteroatoms. The van der Waals surface area contributed by atoms with Crippen molar-refractivity contribution in [2.45, 2.75) is 39.0 Å². The maximum Gasteiger partial charge on any atom is 0.422 e. The van der Waals surface area contributed by atoms with Gasteiger partial charge in [-0.25, -0.2) is 4.98 Å². The first kappa shape index (κ1) is 18.1. The van der Waals surface area contributed by atoms with Crippen LogP contribution < -0.4 is 15.4 Å². The van der Waals surface area contributed by atoms with Crippen molar-refractivity contribution in [3.05, 3.63) is 23.9 Å². The van der Waals surface area contributed by atoms with Crippen LogP contribution in [0.15, 0.2) is 23.3 Å². The van der Waals surface area contributed by atoms with Crippen LogP contribution in [0.3, 0.4) is 0 Å². The SMILES string of the molecule is CN=C(NCc1ccc(OCC(F)(F)F)nc1)NC(C)(C)C. The standard InChI is InChI=1S/C14H21F3N4O/c1-13(2,3)21-12(18-4)20-8-10-5-6-11(19-7-10)22-9-14(15,16)17/h5-7H,8-9H2,1-4H3,(H2,18,20,21). The number of guanidine groups is 1. The molecule has 0 atom stereocenters. The van der Waals surface area contributed by atoms with Crippen LogP contribution in [0.4, 0.5) is 13.2 Å². The van der Waals surface area contributed by atoms with E-state index in [9.17, 15) is 13.2 Å². The average molecular weight is 318 g/mol. The Hall–Kier alpha value is -1.99. The molecule has 0 saturated carbocycles. The highest BCUT2D eigenvalue weighted by molar-refractivity contribution is 5.80. The summed E-state index contributed by atoms with van der Waals surface area (Å²) in [5.41, 5.74) is 0.672. The molecule has 5 nitrogen and oxygen atoms in total. The molecule has 0 amide bonds. The van der Waals surface area contributed by atoms with Crippen LogP contribution in [0.1, 0.15) is 26.3 Å². The number of nitrogens with zero attached hydrogens (tertiary/aromatic N) is 2. The molecule has 1 aromatic rings. The second kappa shape index (κ2) is 7.33. The Morgan fingerprint density at radius 2 is 1.95 bits per heavy atom. The summed E-state index contributed by atoms with van der Waals surface area (Å²) in [5.74, 6) is 0.572. The molecule has 0 aliphatic rings. The zero-order valence-electron chi connectivity index (χ0n) is 13.1. The minimum absolute atomic E-state index is 0.0572. The largest absolute Gasteiger partial charge is 0.468 e. The highest BCUT2D eigenvalue weighted by atomic mass is 19.4. The molecular formula is C14H21F3N4O. The van der Waals surface area contributed by atoms with Crippen LogP contribution >= 0.6 is 0 Å². The van der Waals surface area contributed by atoms with Crippen molar-refractivity contribution < 1.29 is 17.9 Å². The summed E-state index contributed by atoms with van der Waals surface area (Å²) in [5, 5.41) is 6.29. The van der Waals surface area contributed by atoms with Gasteiger partial charge < -0.3 is 15.4 Å². The molecular weight excluding hydrogens is 297 g/mol. The lowest BCUT2D eigenvalue weighted by Gasteiger charge is -2.23. The lowest BCUT2D eigenvalue weighted by Crippen LogP contribution is -2.47. The van der Waals surface area contributed by atoms with Crippen molar-refractivity contribution in [1.82, 2.24) is 15.6 Å². The van der Waals surface area contributed by atoms with Crippen LogP contribution in [0.5, 0.6) is 5.88 Å². The molecule has 1 aromatic heterocycles. The Bertz CT molecular complexity index is 492. The van der Waals surface area contributed by atoms with E-state index in [0.29, 0.717) is 12.5 Å². The van der Waals surface area contributed by atoms with Gasteiger partial charge in [-0.2, -0.15) is 13.2 Å². The summed E-state index contributed by atoms with van der Waals surface area (Å²) in [6.07, 6.45) is -2.91. The summed E-state index contributed by atoms with van der Waals surface area (Å²) in [4.78, 5) is 7.92. The molecule has 0 saturated heterocycles. The Balaban J connectivity index is 2.50. The Kier molecular flexibility index (Phi) is 6.01. The van der Waals surface area contributed by atoms with Gasteiger partial charge in [-0.05, 0) is 26.3 Å². The number of hydrogen-bond acceptors (Lipinski definition) is 3. The van der Waals surface area contributed by atoms with Crippen LogP contribution in [0.2, 0.25) is 0 Å². The number of halogens is 3. The molecule has 124 valence electrons. The second-order valence-electron chi connectivity index (χ2n) is 5.71. The monoisotopic (exact) mass is 318 g/mol. The molecule has 2 N–H and O–H groups in total. The third-order valence-corrected chi connectivity index (χ3v) is 2.36. The molecule has 0 unspecified atom stereocenters. The molecule has 0 aliphatic heterocycles. The van der Waals surface area contributed by atoms with E-state index >= 15 is 0 Å². The number of nitrogens with one attached hydrogen (secondary N) is 2. The van der Waals surface area contributed by atoms with Crippen molar-refractivity contribution in [2.75, 3.05) is 13.7 Å². The summed E-state index contributed by atoms with van der Waals surface area (Å²) in [7, 11) is 1.66. The van der Waals surface area contributed by atoms with Gasteiger partial charge in [-0.1, -0.05) is 6.07 Å². The molecule has 0 radical (unpaired) electrons. The van der Waals surface area contributed by atoms with Gasteiger partial charge in [0.15, 0.2) is 12.6 Å². The van der Waals surface area contributed by atoms with E-state index in [1.165, 1.54) is 12.3 Å². The molecule has 0 fully saturated rings. The highest BCUT2D eigenvalue weighted by Gasteiger charge is 2.28. The zero-order chi connectivity index (χ0) is 16.8. The number of aliphatic imine (C=N–C) groups is 1. The van der Waals surface area contributed by atoms with Crippen molar-refractivity contribution in [3.8, 4) is 5.88 Å². The van der Waals surface area contributed by atoms with Gasteiger partial charge in [-0.15, -0.1) is 0 Å². The Labute approximate surface area is 128 Å². The van der Waals surface area contributed by atoms with Gasteiger partial charge >= 0.3 is 6.18 Å². The fraction of sp³-hybridized carbons (Fsp3) is 0.571. The first-order valence-electron chi connectivity index (χ1n) is 6.72. The van der Waals surface area contributed by atoms with E-state index in [0.717, 1.165) is 5.56 Å². The molecule has 1 rings (SSSR count). The van der Waals surface area contributed by atoms with E-state index in [2.05, 4.69) is 25.3 Å². The molecule has 0 aromatic carbocycles. The van der Waals surface area contributed by atoms with Gasteiger partial charge in [0.05, 0.1) is 0 Å². The van der Waals surface area contributed by atoms with Crippen molar-refractivity contribution in [3.63, 3.8) is 0 Å². The summed E-state index contributed by atoms with van der Waals surface area (Å²) < 4.78 is 40.6. The second-order valence-corrected chi connectivity index (χ2v) is 5.71. The number of pyridine rings is 1. The lowest BCUT2D eigenvalue weighted by atomic mass is 10.1. The van der Waals surface area contributed by atoms with Crippen LogP contribution in [0.25, 0.3) is 0 Å². The van der Waals surface area contributed by atoms with Crippen LogP contribution in [-0.4, -0.2) is 36.3 Å². The molecule has 0 aliphatic carbocycles.